The summed E-state index contributed by atoms with van der Waals surface area (Å²) in [4.78, 5) is 25.2. The molecule has 3 rings (SSSR count). The Labute approximate surface area is 161 Å². The number of primary amides is 1. The predicted octanol–water partition coefficient (Wildman–Crippen LogP) is 2.71. The molecule has 0 spiro atoms. The Morgan fingerprint density at radius 1 is 1.26 bits per heavy atom. The van der Waals surface area contributed by atoms with Crippen molar-refractivity contribution in [1.29, 1.82) is 0 Å². The molecule has 0 atom stereocenters. The molecule has 1 amide bonds. The number of fused-ring (bicyclic) bond motifs is 1. The van der Waals surface area contributed by atoms with Crippen LogP contribution in [-0.2, 0) is 17.9 Å². The summed E-state index contributed by atoms with van der Waals surface area (Å²) in [6.07, 6.45) is 0. The van der Waals surface area contributed by atoms with Gasteiger partial charge in [0.15, 0.2) is 6.61 Å². The van der Waals surface area contributed by atoms with E-state index in [1.54, 1.807) is 34.1 Å². The highest BCUT2D eigenvalue weighted by Gasteiger charge is 2.19. The van der Waals surface area contributed by atoms with E-state index in [9.17, 15) is 9.59 Å². The van der Waals surface area contributed by atoms with Gasteiger partial charge in [0, 0.05) is 40.0 Å². The van der Waals surface area contributed by atoms with Gasteiger partial charge in [0.05, 0.1) is 0 Å². The van der Waals surface area contributed by atoms with Crippen molar-refractivity contribution >= 4 is 28.0 Å². The lowest BCUT2D eigenvalue weighted by molar-refractivity contribution is -0.119. The maximum Gasteiger partial charge on any atom is 0.258 e. The Hall–Kier alpha value is -2.64. The van der Waals surface area contributed by atoms with Crippen molar-refractivity contribution < 1.29 is 9.53 Å². The molecule has 0 saturated heterocycles. The summed E-state index contributed by atoms with van der Waals surface area (Å²) in [5.74, 6) is 0.242. The normalized spacial score (nSPS) is 11.3. The Kier molecular flexibility index (Phi) is 5.62. The SMILES string of the molecule is CC(C)Cn1c(CN)c(-c2cccs2)c2cc(OCC(N)=O)ccc2c1=O. The fraction of sp³-hybridized carbons (Fsp3) is 0.300. The van der Waals surface area contributed by atoms with Gasteiger partial charge in [-0.1, -0.05) is 19.9 Å². The average molecular weight is 385 g/mol. The molecule has 1 aromatic carbocycles. The molecule has 0 aliphatic carbocycles. The molecule has 2 heterocycles. The molecule has 0 aliphatic rings. The summed E-state index contributed by atoms with van der Waals surface area (Å²) < 4.78 is 7.23. The Morgan fingerprint density at radius 3 is 2.63 bits per heavy atom. The molecule has 6 nitrogen and oxygen atoms in total. The summed E-state index contributed by atoms with van der Waals surface area (Å²) in [7, 11) is 0. The fourth-order valence-electron chi connectivity index (χ4n) is 3.19. The predicted molar refractivity (Wildman–Crippen MR) is 109 cm³/mol. The molecule has 3 aromatic rings. The number of hydrogen-bond donors (Lipinski definition) is 2. The second-order valence-electron chi connectivity index (χ2n) is 6.78. The molecule has 2 aromatic heterocycles. The number of ether oxygens (including phenoxy) is 1. The smallest absolute Gasteiger partial charge is 0.258 e. The van der Waals surface area contributed by atoms with Crippen LogP contribution in [0.3, 0.4) is 0 Å². The van der Waals surface area contributed by atoms with Crippen LogP contribution in [0.1, 0.15) is 19.5 Å². The van der Waals surface area contributed by atoms with Crippen molar-refractivity contribution in [1.82, 2.24) is 4.57 Å². The van der Waals surface area contributed by atoms with Crippen LogP contribution in [0, 0.1) is 5.92 Å². The number of thiophene rings is 1. The van der Waals surface area contributed by atoms with Gasteiger partial charge in [0.2, 0.25) is 0 Å². The van der Waals surface area contributed by atoms with E-state index in [1.807, 2.05) is 17.5 Å². The third-order valence-electron chi connectivity index (χ3n) is 4.24. The second-order valence-corrected chi connectivity index (χ2v) is 7.72. The van der Waals surface area contributed by atoms with E-state index in [0.29, 0.717) is 23.6 Å². The average Bonchev–Trinajstić information content (AvgIpc) is 3.15. The van der Waals surface area contributed by atoms with E-state index in [4.69, 9.17) is 16.2 Å². The van der Waals surface area contributed by atoms with Crippen LogP contribution in [0.4, 0.5) is 0 Å². The Bertz CT molecular complexity index is 1020. The third kappa shape index (κ3) is 3.89. The second kappa shape index (κ2) is 7.94. The van der Waals surface area contributed by atoms with E-state index < -0.39 is 5.91 Å². The topological polar surface area (TPSA) is 100 Å². The lowest BCUT2D eigenvalue weighted by Crippen LogP contribution is -2.28. The number of hydrogen-bond acceptors (Lipinski definition) is 5. The Morgan fingerprint density at radius 2 is 2.04 bits per heavy atom. The van der Waals surface area contributed by atoms with Gasteiger partial charge in [0.25, 0.3) is 11.5 Å². The molecule has 4 N–H and O–H groups in total. The van der Waals surface area contributed by atoms with Crippen molar-refractivity contribution in [2.45, 2.75) is 26.9 Å². The highest BCUT2D eigenvalue weighted by atomic mass is 32.1. The van der Waals surface area contributed by atoms with Gasteiger partial charge in [0.1, 0.15) is 5.75 Å². The van der Waals surface area contributed by atoms with Crippen molar-refractivity contribution in [3.05, 3.63) is 51.8 Å². The van der Waals surface area contributed by atoms with Crippen LogP contribution >= 0.6 is 11.3 Å². The van der Waals surface area contributed by atoms with Crippen LogP contribution < -0.4 is 21.8 Å². The minimum absolute atomic E-state index is 0.0686. The van der Waals surface area contributed by atoms with E-state index in [-0.39, 0.29) is 18.7 Å². The van der Waals surface area contributed by atoms with Gasteiger partial charge in [-0.15, -0.1) is 11.3 Å². The van der Waals surface area contributed by atoms with E-state index in [1.165, 1.54) is 0 Å². The lowest BCUT2D eigenvalue weighted by atomic mass is 10.0. The zero-order valence-electron chi connectivity index (χ0n) is 15.4. The number of pyridine rings is 1. The summed E-state index contributed by atoms with van der Waals surface area (Å²) in [6.45, 7) is 4.77. The van der Waals surface area contributed by atoms with Gasteiger partial charge < -0.3 is 20.8 Å². The molecule has 0 aliphatic heterocycles. The quantitative estimate of drug-likeness (QED) is 0.653. The van der Waals surface area contributed by atoms with Gasteiger partial charge in [-0.3, -0.25) is 9.59 Å². The molecule has 0 unspecified atom stereocenters. The van der Waals surface area contributed by atoms with E-state index in [0.717, 1.165) is 21.5 Å². The highest BCUT2D eigenvalue weighted by Crippen LogP contribution is 2.35. The fourth-order valence-corrected chi connectivity index (χ4v) is 3.99. The third-order valence-corrected chi connectivity index (χ3v) is 5.13. The van der Waals surface area contributed by atoms with Crippen molar-refractivity contribution in [3.63, 3.8) is 0 Å². The molecule has 7 heteroatoms. The summed E-state index contributed by atoms with van der Waals surface area (Å²) >= 11 is 1.59. The summed E-state index contributed by atoms with van der Waals surface area (Å²) in [6, 6.07) is 9.19. The van der Waals surface area contributed by atoms with Gasteiger partial charge in [-0.2, -0.15) is 0 Å². The first-order valence-electron chi connectivity index (χ1n) is 8.76. The first-order valence-corrected chi connectivity index (χ1v) is 9.64. The maximum absolute atomic E-state index is 13.1. The van der Waals surface area contributed by atoms with Crippen LogP contribution in [0.15, 0.2) is 40.5 Å². The molecule has 142 valence electrons. The zero-order valence-corrected chi connectivity index (χ0v) is 16.2. The first-order chi connectivity index (χ1) is 12.9. The number of amides is 1. The first kappa shape index (κ1) is 19.1. The summed E-state index contributed by atoms with van der Waals surface area (Å²) in [5, 5.41) is 3.36. The molecular formula is C20H23N3O3S. The maximum atomic E-state index is 13.1. The van der Waals surface area contributed by atoms with Crippen LogP contribution in [0.2, 0.25) is 0 Å². The molecule has 0 bridgehead atoms. The Balaban J connectivity index is 2.32. The minimum atomic E-state index is -0.552. The highest BCUT2D eigenvalue weighted by molar-refractivity contribution is 7.13. The van der Waals surface area contributed by atoms with Crippen LogP contribution in [0.25, 0.3) is 21.2 Å². The summed E-state index contributed by atoms with van der Waals surface area (Å²) in [5.41, 5.74) is 12.9. The lowest BCUT2D eigenvalue weighted by Gasteiger charge is -2.20. The van der Waals surface area contributed by atoms with Crippen molar-refractivity contribution in [2.24, 2.45) is 17.4 Å². The molecule has 0 saturated carbocycles. The number of aromatic nitrogens is 1. The number of carbonyl (C=O) groups is 1. The van der Waals surface area contributed by atoms with Gasteiger partial charge in [-0.05, 0) is 35.6 Å². The van der Waals surface area contributed by atoms with Crippen molar-refractivity contribution in [3.8, 4) is 16.2 Å². The standard InChI is InChI=1S/C20H23N3O3S/c1-12(2)10-23-16(9-21)19(17-4-3-7-27-17)15-8-13(26-11-18(22)24)5-6-14(15)20(23)25/h3-8,12H,9-11,21H2,1-2H3,(H2,22,24). The largest absolute Gasteiger partial charge is 0.484 e. The van der Waals surface area contributed by atoms with Gasteiger partial charge >= 0.3 is 0 Å². The molecular weight excluding hydrogens is 362 g/mol. The number of nitrogens with two attached hydrogens (primary N) is 2. The number of nitrogens with zero attached hydrogens (tertiary/aromatic N) is 1. The van der Waals surface area contributed by atoms with Gasteiger partial charge in [-0.25, -0.2) is 0 Å². The van der Waals surface area contributed by atoms with Crippen LogP contribution in [0.5, 0.6) is 5.75 Å². The molecule has 0 radical (unpaired) electrons. The zero-order chi connectivity index (χ0) is 19.6. The number of carbonyl (C=O) groups excluding carboxylic acids is 1. The molecule has 27 heavy (non-hydrogen) atoms. The van der Waals surface area contributed by atoms with E-state index in [2.05, 4.69) is 13.8 Å². The minimum Gasteiger partial charge on any atom is -0.484 e. The van der Waals surface area contributed by atoms with Crippen LogP contribution in [-0.4, -0.2) is 17.1 Å². The number of benzene rings is 1. The van der Waals surface area contributed by atoms with Crippen molar-refractivity contribution in [2.75, 3.05) is 6.61 Å². The molecule has 0 fully saturated rings. The number of rotatable bonds is 7. The monoisotopic (exact) mass is 385 g/mol. The van der Waals surface area contributed by atoms with E-state index >= 15 is 0 Å².